The monoisotopic (exact) mass is 772 g/mol. The zero-order valence-corrected chi connectivity index (χ0v) is 30.1. The van der Waals surface area contributed by atoms with Gasteiger partial charge in [0.15, 0.2) is 0 Å². The molecule has 6 amide bonds. The minimum Gasteiger partial charge on any atom is -0.379 e. The quantitative estimate of drug-likeness (QED) is 0.0762. The van der Waals surface area contributed by atoms with Gasteiger partial charge in [-0.05, 0) is 115 Å². The van der Waals surface area contributed by atoms with Gasteiger partial charge in [0.1, 0.15) is 21.3 Å². The molecule has 278 valence electrons. The molecule has 5 rings (SSSR count). The largest absolute Gasteiger partial charge is 0.379 e. The van der Waals surface area contributed by atoms with Crippen LogP contribution in [0.5, 0.6) is 11.5 Å². The van der Waals surface area contributed by atoms with Crippen LogP contribution in [0.15, 0.2) is 131 Å². The molecule has 16 nitrogen and oxygen atoms in total. The van der Waals surface area contributed by atoms with E-state index in [2.05, 4.69) is 31.9 Å². The molecule has 0 saturated carbocycles. The summed E-state index contributed by atoms with van der Waals surface area (Å²) in [5.41, 5.74) is 2.67. The summed E-state index contributed by atoms with van der Waals surface area (Å²) in [6.45, 7) is 2.76. The number of urea groups is 2. The van der Waals surface area contributed by atoms with Gasteiger partial charge in [-0.15, -0.1) is 0 Å². The Balaban J connectivity index is 1.15. The molecule has 0 aliphatic rings. The first kappa shape index (κ1) is 38.3. The molecule has 0 fully saturated rings. The molecular weight excluding hydrogens is 741 g/mol. The highest BCUT2D eigenvalue weighted by atomic mass is 32.2. The average molecular weight is 773 g/mol. The molecule has 0 aliphatic heterocycles. The summed E-state index contributed by atoms with van der Waals surface area (Å²) in [6.07, 6.45) is 0. The first-order valence-corrected chi connectivity index (χ1v) is 18.6. The smallest absolute Gasteiger partial charge is 0.339 e. The van der Waals surface area contributed by atoms with Crippen molar-refractivity contribution in [3.8, 4) is 11.5 Å². The lowest BCUT2D eigenvalue weighted by Gasteiger charge is -2.12. The van der Waals surface area contributed by atoms with Crippen molar-refractivity contribution in [1.29, 1.82) is 0 Å². The molecule has 5 aromatic carbocycles. The Morgan fingerprint density at radius 2 is 0.667 bits per heavy atom. The summed E-state index contributed by atoms with van der Waals surface area (Å²) in [5, 5.41) is 15.7. The predicted octanol–water partition coefficient (Wildman–Crippen LogP) is 6.43. The molecule has 0 aliphatic carbocycles. The third-order valence-corrected chi connectivity index (χ3v) is 9.43. The fraction of sp³-hybridized carbons (Fsp3) is 0.0556. The molecule has 0 spiro atoms. The number of carbonyl (C=O) groups is 4. The normalized spacial score (nSPS) is 11.0. The van der Waals surface area contributed by atoms with Crippen LogP contribution in [0.4, 0.5) is 43.7 Å². The lowest BCUT2D eigenvalue weighted by molar-refractivity contribution is -0.115. The third kappa shape index (κ3) is 11.0. The zero-order valence-electron chi connectivity index (χ0n) is 28.4. The number of nitrogens with one attached hydrogen (secondary N) is 6. The van der Waals surface area contributed by atoms with Crippen LogP contribution in [0.2, 0.25) is 0 Å². The van der Waals surface area contributed by atoms with Gasteiger partial charge in [0.25, 0.3) is 0 Å². The molecule has 54 heavy (non-hydrogen) atoms. The van der Waals surface area contributed by atoms with Crippen molar-refractivity contribution < 1.29 is 44.4 Å². The molecule has 0 unspecified atom stereocenters. The van der Waals surface area contributed by atoms with Crippen LogP contribution in [0, 0.1) is 0 Å². The summed E-state index contributed by atoms with van der Waals surface area (Å²) in [6, 6.07) is 26.9. The van der Waals surface area contributed by atoms with Crippen molar-refractivity contribution in [2.45, 2.75) is 23.6 Å². The molecule has 0 saturated heterocycles. The Bertz CT molecular complexity index is 2220. The van der Waals surface area contributed by atoms with Gasteiger partial charge in [0, 0.05) is 48.0 Å². The number of amides is 6. The van der Waals surface area contributed by atoms with Gasteiger partial charge in [-0.2, -0.15) is 16.8 Å². The van der Waals surface area contributed by atoms with Crippen LogP contribution in [0.1, 0.15) is 13.8 Å². The van der Waals surface area contributed by atoms with Gasteiger partial charge < -0.3 is 40.3 Å². The van der Waals surface area contributed by atoms with Crippen molar-refractivity contribution >= 4 is 78.2 Å². The fourth-order valence-electron chi connectivity index (χ4n) is 4.59. The molecule has 6 N–H and O–H groups in total. The number of anilines is 6. The standard InChI is InChI=1S/C36H32N6O10S2/c1-23(43)37-25-6-10-27(11-7-25)39-35(45)41-29-14-18-31(19-15-29)51-53(47,48)33-4-3-5-34(22-33)54(49,50)52-32-20-16-30(17-21-32)42-36(46)40-28-12-8-26(9-13-28)38-24(2)44/h3-22H,1-2H3,(H,37,43)(H,38,44)(H2,39,41,45)(H2,40,42,46). The van der Waals surface area contributed by atoms with E-state index in [-0.39, 0.29) is 23.3 Å². The van der Waals surface area contributed by atoms with Crippen LogP contribution in [-0.4, -0.2) is 40.7 Å². The van der Waals surface area contributed by atoms with Gasteiger partial charge in [-0.3, -0.25) is 9.59 Å². The molecular formula is C36H32N6O10S2. The van der Waals surface area contributed by atoms with E-state index in [1.165, 1.54) is 68.4 Å². The maximum atomic E-state index is 13.1. The van der Waals surface area contributed by atoms with Crippen LogP contribution < -0.4 is 40.3 Å². The minimum absolute atomic E-state index is 0.110. The van der Waals surface area contributed by atoms with E-state index in [0.29, 0.717) is 34.1 Å². The van der Waals surface area contributed by atoms with Crippen LogP contribution in [0.3, 0.4) is 0 Å². The van der Waals surface area contributed by atoms with Crippen molar-refractivity contribution in [3.63, 3.8) is 0 Å². The highest BCUT2D eigenvalue weighted by Crippen LogP contribution is 2.26. The van der Waals surface area contributed by atoms with E-state index in [9.17, 15) is 36.0 Å². The van der Waals surface area contributed by atoms with E-state index in [0.717, 1.165) is 18.2 Å². The van der Waals surface area contributed by atoms with E-state index in [4.69, 9.17) is 8.37 Å². The van der Waals surface area contributed by atoms with Crippen LogP contribution in [0.25, 0.3) is 0 Å². The van der Waals surface area contributed by atoms with Crippen molar-refractivity contribution in [2.24, 2.45) is 0 Å². The Morgan fingerprint density at radius 1 is 0.407 bits per heavy atom. The predicted molar refractivity (Wildman–Crippen MR) is 202 cm³/mol. The summed E-state index contributed by atoms with van der Waals surface area (Å²) >= 11 is 0. The molecule has 5 aromatic rings. The highest BCUT2D eigenvalue weighted by Gasteiger charge is 2.23. The molecule has 0 bridgehead atoms. The fourth-order valence-corrected chi connectivity index (χ4v) is 6.62. The second kappa shape index (κ2) is 16.6. The number of carbonyl (C=O) groups excluding carboxylic acids is 4. The Morgan fingerprint density at radius 3 is 0.944 bits per heavy atom. The average Bonchev–Trinajstić information content (AvgIpc) is 3.11. The second-order valence-corrected chi connectivity index (χ2v) is 14.4. The lowest BCUT2D eigenvalue weighted by atomic mass is 10.3. The van der Waals surface area contributed by atoms with Gasteiger partial charge >= 0.3 is 32.3 Å². The van der Waals surface area contributed by atoms with E-state index in [1.807, 2.05) is 0 Å². The summed E-state index contributed by atoms with van der Waals surface area (Å²) < 4.78 is 62.7. The van der Waals surface area contributed by atoms with Gasteiger partial charge in [-0.25, -0.2) is 9.59 Å². The van der Waals surface area contributed by atoms with Crippen molar-refractivity contribution in [3.05, 3.63) is 121 Å². The van der Waals surface area contributed by atoms with Gasteiger partial charge in [-0.1, -0.05) is 6.07 Å². The maximum Gasteiger partial charge on any atom is 0.339 e. The molecule has 0 heterocycles. The highest BCUT2D eigenvalue weighted by molar-refractivity contribution is 7.88. The summed E-state index contributed by atoms with van der Waals surface area (Å²) in [4.78, 5) is 46.2. The third-order valence-electron chi connectivity index (χ3n) is 6.95. The topological polar surface area (TPSA) is 227 Å². The SMILES string of the molecule is CC(=O)Nc1ccc(NC(=O)Nc2ccc(OS(=O)(=O)c3cccc(S(=O)(=O)Oc4ccc(NC(=O)Nc5ccc(NC(C)=O)cc5)cc4)c3)cc2)cc1. The van der Waals surface area contributed by atoms with Crippen LogP contribution >= 0.6 is 0 Å². The van der Waals surface area contributed by atoms with Gasteiger partial charge in [0.05, 0.1) is 0 Å². The first-order valence-electron chi connectivity index (χ1n) is 15.7. The second-order valence-electron chi connectivity index (χ2n) is 11.3. The maximum absolute atomic E-state index is 13.1. The van der Waals surface area contributed by atoms with Gasteiger partial charge in [0.2, 0.25) is 11.8 Å². The van der Waals surface area contributed by atoms with Crippen molar-refractivity contribution in [1.82, 2.24) is 0 Å². The molecule has 0 aromatic heterocycles. The molecule has 18 heteroatoms. The number of benzene rings is 5. The van der Waals surface area contributed by atoms with Crippen LogP contribution in [-0.2, 0) is 29.8 Å². The molecule has 0 atom stereocenters. The first-order chi connectivity index (χ1) is 25.6. The zero-order chi connectivity index (χ0) is 38.9. The Labute approximate surface area is 310 Å². The number of rotatable bonds is 12. The molecule has 0 radical (unpaired) electrons. The van der Waals surface area contributed by atoms with E-state index in [1.54, 1.807) is 48.5 Å². The lowest BCUT2D eigenvalue weighted by Crippen LogP contribution is -2.19. The number of hydrogen-bond acceptors (Lipinski definition) is 10. The van der Waals surface area contributed by atoms with E-state index >= 15 is 0 Å². The summed E-state index contributed by atoms with van der Waals surface area (Å²) in [7, 11) is -9.02. The van der Waals surface area contributed by atoms with E-state index < -0.39 is 42.1 Å². The van der Waals surface area contributed by atoms with Crippen molar-refractivity contribution in [2.75, 3.05) is 31.9 Å². The minimum atomic E-state index is -4.51. The summed E-state index contributed by atoms with van der Waals surface area (Å²) in [5.74, 6) is -0.681. The Hall–Kier alpha value is -6.92. The Kier molecular flexibility index (Phi) is 11.8. The number of hydrogen-bond donors (Lipinski definition) is 6.